The molecule has 1 N–H and O–H groups in total. The zero-order valence-corrected chi connectivity index (χ0v) is 17.7. The van der Waals surface area contributed by atoms with Gasteiger partial charge in [0.1, 0.15) is 11.6 Å². The second-order valence-corrected chi connectivity index (χ2v) is 8.12. The first-order valence-electron chi connectivity index (χ1n) is 10.7. The number of nitrogens with zero attached hydrogens (tertiary/aromatic N) is 2. The van der Waals surface area contributed by atoms with Crippen LogP contribution in [0.1, 0.15) is 36.0 Å². The molecule has 2 unspecified atom stereocenters. The largest absolute Gasteiger partial charge is 0.467 e. The molecule has 1 saturated heterocycles. The Morgan fingerprint density at radius 3 is 2.87 bits per heavy atom. The van der Waals surface area contributed by atoms with E-state index < -0.39 is 0 Å². The lowest BCUT2D eigenvalue weighted by molar-refractivity contribution is -0.0172. The molecule has 2 heterocycles. The summed E-state index contributed by atoms with van der Waals surface area (Å²) in [6.07, 6.45) is 1.77. The predicted octanol–water partition coefficient (Wildman–Crippen LogP) is 3.94. The maximum absolute atomic E-state index is 14.0. The number of hydrogen-bond donors (Lipinski definition) is 1. The van der Waals surface area contributed by atoms with Gasteiger partial charge in [-0.1, -0.05) is 37.3 Å². The van der Waals surface area contributed by atoms with Gasteiger partial charge in [-0.2, -0.15) is 0 Å². The number of fused-ring (bicyclic) bond motifs is 1. The smallest absolute Gasteiger partial charge is 0.193 e. The van der Waals surface area contributed by atoms with Crippen LogP contribution in [0.4, 0.5) is 4.39 Å². The summed E-state index contributed by atoms with van der Waals surface area (Å²) in [4.78, 5) is 6.82. The molecule has 0 radical (unpaired) electrons. The summed E-state index contributed by atoms with van der Waals surface area (Å²) in [7, 11) is 1.82. The van der Waals surface area contributed by atoms with Crippen LogP contribution in [0.5, 0.6) is 5.75 Å². The fourth-order valence-corrected chi connectivity index (χ4v) is 4.62. The molecule has 0 amide bonds. The van der Waals surface area contributed by atoms with Gasteiger partial charge in [0.2, 0.25) is 0 Å². The van der Waals surface area contributed by atoms with Crippen LogP contribution < -0.4 is 10.1 Å². The topological polar surface area (TPSA) is 46.1 Å². The van der Waals surface area contributed by atoms with Crippen molar-refractivity contribution in [1.29, 1.82) is 0 Å². The van der Waals surface area contributed by atoms with Crippen molar-refractivity contribution in [2.24, 2.45) is 10.9 Å². The van der Waals surface area contributed by atoms with Gasteiger partial charge in [-0.15, -0.1) is 0 Å². The maximum Gasteiger partial charge on any atom is 0.193 e. The maximum atomic E-state index is 14.0. The first-order chi connectivity index (χ1) is 14.7. The molecular weight excluding hydrogens is 381 g/mol. The Kier molecular flexibility index (Phi) is 6.53. The third kappa shape index (κ3) is 4.59. The third-order valence-corrected chi connectivity index (χ3v) is 6.07. The summed E-state index contributed by atoms with van der Waals surface area (Å²) in [5.74, 6) is 2.54. The molecule has 2 aromatic rings. The minimum Gasteiger partial charge on any atom is -0.467 e. The summed E-state index contributed by atoms with van der Waals surface area (Å²) in [5, 5.41) is 3.46. The molecule has 2 aliphatic rings. The fraction of sp³-hybridized carbons (Fsp3) is 0.458. The van der Waals surface area contributed by atoms with Crippen LogP contribution in [0.2, 0.25) is 0 Å². The Labute approximate surface area is 177 Å². The van der Waals surface area contributed by atoms with E-state index in [2.05, 4.69) is 52.5 Å². The Morgan fingerprint density at radius 1 is 1.27 bits per heavy atom. The summed E-state index contributed by atoms with van der Waals surface area (Å²) in [6.45, 7) is 5.53. The lowest BCUT2D eigenvalue weighted by atomic mass is 9.82. The van der Waals surface area contributed by atoms with Crippen molar-refractivity contribution >= 4 is 5.96 Å². The Morgan fingerprint density at radius 2 is 2.10 bits per heavy atom. The van der Waals surface area contributed by atoms with Gasteiger partial charge < -0.3 is 19.7 Å². The molecule has 30 heavy (non-hydrogen) atoms. The number of likely N-dealkylation sites (tertiary alicyclic amines) is 1. The third-order valence-electron chi connectivity index (χ3n) is 6.07. The molecule has 1 fully saturated rings. The number of hydrogen-bond acceptors (Lipinski definition) is 3. The number of rotatable bonds is 4. The second kappa shape index (κ2) is 9.47. The Balaban J connectivity index is 1.35. The van der Waals surface area contributed by atoms with E-state index in [0.717, 1.165) is 42.3 Å². The number of nitrogens with one attached hydrogen (secondary N) is 1. The highest BCUT2D eigenvalue weighted by atomic mass is 19.1. The zero-order chi connectivity index (χ0) is 20.9. The first-order valence-corrected chi connectivity index (χ1v) is 10.7. The normalized spacial score (nSPS) is 21.7. The summed E-state index contributed by atoms with van der Waals surface area (Å²) in [5.41, 5.74) is 3.07. The van der Waals surface area contributed by atoms with E-state index >= 15 is 0 Å². The molecule has 0 bridgehead atoms. The molecule has 2 aromatic carbocycles. The van der Waals surface area contributed by atoms with Crippen molar-refractivity contribution in [1.82, 2.24) is 10.2 Å². The van der Waals surface area contributed by atoms with Crippen molar-refractivity contribution in [3.63, 3.8) is 0 Å². The molecule has 5 nitrogen and oxygen atoms in total. The van der Waals surface area contributed by atoms with Gasteiger partial charge >= 0.3 is 0 Å². The molecule has 0 aromatic heterocycles. The minimum absolute atomic E-state index is 0.217. The predicted molar refractivity (Wildman–Crippen MR) is 116 cm³/mol. The van der Waals surface area contributed by atoms with E-state index in [1.807, 2.05) is 7.05 Å². The molecule has 0 spiro atoms. The number of guanidine groups is 1. The van der Waals surface area contributed by atoms with Crippen molar-refractivity contribution in [3.05, 3.63) is 65.0 Å². The summed E-state index contributed by atoms with van der Waals surface area (Å²) in [6, 6.07) is 13.8. The second-order valence-electron chi connectivity index (χ2n) is 8.12. The number of piperidine rings is 1. The molecule has 0 saturated carbocycles. The molecule has 2 aliphatic heterocycles. The van der Waals surface area contributed by atoms with E-state index in [1.54, 1.807) is 6.07 Å². The van der Waals surface area contributed by atoms with Gasteiger partial charge in [0, 0.05) is 32.2 Å². The van der Waals surface area contributed by atoms with Crippen molar-refractivity contribution in [2.75, 3.05) is 33.5 Å². The van der Waals surface area contributed by atoms with Crippen molar-refractivity contribution < 1.29 is 13.9 Å². The highest BCUT2D eigenvalue weighted by molar-refractivity contribution is 5.80. The van der Waals surface area contributed by atoms with Gasteiger partial charge in [0.25, 0.3) is 0 Å². The number of aliphatic imine (C=N–C) groups is 1. The number of halogens is 1. The van der Waals surface area contributed by atoms with Gasteiger partial charge in [0.15, 0.2) is 12.8 Å². The molecular formula is C24H30FN3O2. The summed E-state index contributed by atoms with van der Waals surface area (Å²) >= 11 is 0. The molecule has 2 atom stereocenters. The minimum atomic E-state index is -0.251. The summed E-state index contributed by atoms with van der Waals surface area (Å²) < 4.78 is 24.8. The molecule has 0 aliphatic carbocycles. The molecule has 4 rings (SSSR count). The van der Waals surface area contributed by atoms with Crippen LogP contribution in [-0.2, 0) is 17.8 Å². The van der Waals surface area contributed by atoms with E-state index in [9.17, 15) is 4.39 Å². The van der Waals surface area contributed by atoms with Crippen LogP contribution >= 0.6 is 0 Å². The monoisotopic (exact) mass is 411 g/mol. The molecule has 160 valence electrons. The van der Waals surface area contributed by atoms with Crippen LogP contribution in [0, 0.1) is 11.7 Å². The van der Waals surface area contributed by atoms with Crippen molar-refractivity contribution in [3.8, 4) is 5.75 Å². The number of benzene rings is 2. The van der Waals surface area contributed by atoms with E-state index in [1.165, 1.54) is 11.6 Å². The average molecular weight is 412 g/mol. The van der Waals surface area contributed by atoms with Gasteiger partial charge in [-0.3, -0.25) is 4.99 Å². The Hall–Kier alpha value is -2.60. The van der Waals surface area contributed by atoms with Crippen LogP contribution in [-0.4, -0.2) is 44.3 Å². The van der Waals surface area contributed by atoms with Gasteiger partial charge in [-0.05, 0) is 47.9 Å². The fourth-order valence-electron chi connectivity index (χ4n) is 4.62. The average Bonchev–Trinajstić information content (AvgIpc) is 2.77. The van der Waals surface area contributed by atoms with Gasteiger partial charge in [0.05, 0.1) is 6.61 Å². The standard InChI is InChI=1S/C24H30FN3O2/c1-17-14-28(11-9-22(17)18-6-4-3-5-7-18)24(26-2)27-10-8-19-12-21(25)13-20-15-29-16-30-23(19)20/h3-7,12-13,17,22H,8-11,14-16H2,1-2H3,(H,26,27). The lowest BCUT2D eigenvalue weighted by Gasteiger charge is -2.39. The zero-order valence-electron chi connectivity index (χ0n) is 17.7. The van der Waals surface area contributed by atoms with E-state index in [0.29, 0.717) is 31.4 Å². The molecule has 6 heteroatoms. The first kappa shape index (κ1) is 20.7. The van der Waals surface area contributed by atoms with Crippen LogP contribution in [0.25, 0.3) is 0 Å². The lowest BCUT2D eigenvalue weighted by Crippen LogP contribution is -2.48. The highest BCUT2D eigenvalue weighted by Crippen LogP contribution is 2.33. The van der Waals surface area contributed by atoms with Crippen LogP contribution in [0.15, 0.2) is 47.5 Å². The van der Waals surface area contributed by atoms with E-state index in [-0.39, 0.29) is 12.6 Å². The quantitative estimate of drug-likeness (QED) is 0.612. The van der Waals surface area contributed by atoms with Crippen LogP contribution in [0.3, 0.4) is 0 Å². The Bertz CT molecular complexity index is 888. The SMILES string of the molecule is CN=C(NCCc1cc(F)cc2c1OCOC2)N1CCC(c2ccccc2)C(C)C1. The van der Waals surface area contributed by atoms with Crippen molar-refractivity contribution in [2.45, 2.75) is 32.3 Å². The number of ether oxygens (including phenoxy) is 2. The van der Waals surface area contributed by atoms with E-state index in [4.69, 9.17) is 9.47 Å². The van der Waals surface area contributed by atoms with Gasteiger partial charge in [-0.25, -0.2) is 4.39 Å². The highest BCUT2D eigenvalue weighted by Gasteiger charge is 2.28.